The number of nitrogens with one attached hydrogen (secondary N) is 1. The molecule has 0 aromatic carbocycles. The number of hydrogen-bond acceptors (Lipinski definition) is 3. The van der Waals surface area contributed by atoms with E-state index >= 15 is 0 Å². The lowest BCUT2D eigenvalue weighted by molar-refractivity contribution is -0.323. The highest BCUT2D eigenvalue weighted by atomic mass is 32.2. The predicted octanol–water partition coefficient (Wildman–Crippen LogP) is 2.37. The minimum absolute atomic E-state index is 0.0224. The second-order valence-electron chi connectivity index (χ2n) is 2.34. The van der Waals surface area contributed by atoms with E-state index in [0.29, 0.717) is 0 Å². The molecule has 0 aliphatic heterocycles. The van der Waals surface area contributed by atoms with E-state index in [2.05, 4.69) is 10.1 Å². The lowest BCUT2D eigenvalue weighted by Gasteiger charge is -2.08. The van der Waals surface area contributed by atoms with Gasteiger partial charge >= 0.3 is 11.9 Å². The highest BCUT2D eigenvalue weighted by Gasteiger charge is 2.28. The van der Waals surface area contributed by atoms with Crippen molar-refractivity contribution in [2.75, 3.05) is 25.4 Å². The topological polar surface area (TPSA) is 21.3 Å². The average molecular weight is 257 g/mol. The molecule has 2 nitrogen and oxygen atoms in total. The molecule has 0 saturated carbocycles. The number of hydrogen-bond donors (Lipinski definition) is 1. The van der Waals surface area contributed by atoms with E-state index in [1.54, 1.807) is 0 Å². The largest absolute Gasteiger partial charge is 0.522 e. The zero-order chi connectivity index (χ0) is 11.9. The number of halogens is 6. The normalized spacial score (nSPS) is 13.2. The number of thioether (sulfide) groups is 1. The molecule has 0 aromatic rings. The van der Waals surface area contributed by atoms with Crippen LogP contribution in [0, 0.1) is 0 Å². The van der Waals surface area contributed by atoms with Crippen LogP contribution in [0.3, 0.4) is 0 Å². The van der Waals surface area contributed by atoms with Gasteiger partial charge in [0.05, 0.1) is 6.61 Å². The van der Waals surface area contributed by atoms with Crippen LogP contribution >= 0.6 is 11.8 Å². The van der Waals surface area contributed by atoms with Crippen molar-refractivity contribution in [2.45, 2.75) is 11.9 Å². The molecule has 0 bridgehead atoms. The summed E-state index contributed by atoms with van der Waals surface area (Å²) < 4.78 is 72.2. The predicted molar refractivity (Wildman–Crippen MR) is 43.4 cm³/mol. The summed E-state index contributed by atoms with van der Waals surface area (Å²) in [4.78, 5) is 0. The van der Waals surface area contributed by atoms with Gasteiger partial charge in [-0.1, -0.05) is 0 Å². The zero-order valence-electron chi connectivity index (χ0n) is 7.41. The quantitative estimate of drug-likeness (QED) is 0.583. The molecule has 92 valence electrons. The maximum absolute atomic E-state index is 11.5. The number of ether oxygens (including phenoxy) is 1. The van der Waals surface area contributed by atoms with E-state index in [4.69, 9.17) is 0 Å². The van der Waals surface area contributed by atoms with Crippen molar-refractivity contribution in [1.82, 2.24) is 5.32 Å². The first kappa shape index (κ1) is 14.8. The van der Waals surface area contributed by atoms with Crippen LogP contribution in [0.1, 0.15) is 0 Å². The molecule has 15 heavy (non-hydrogen) atoms. The van der Waals surface area contributed by atoms with E-state index in [0.717, 1.165) is 0 Å². The lowest BCUT2D eigenvalue weighted by atomic mass is 10.6. The van der Waals surface area contributed by atoms with Gasteiger partial charge in [-0.3, -0.25) is 4.74 Å². The van der Waals surface area contributed by atoms with Gasteiger partial charge in [-0.2, -0.15) is 13.2 Å². The summed E-state index contributed by atoms with van der Waals surface area (Å²) in [6.45, 7) is -0.774. The van der Waals surface area contributed by atoms with Crippen LogP contribution in [-0.4, -0.2) is 37.3 Å². The highest BCUT2D eigenvalue weighted by Crippen LogP contribution is 2.29. The van der Waals surface area contributed by atoms with Crippen LogP contribution in [0.25, 0.3) is 0 Å². The van der Waals surface area contributed by atoms with Crippen molar-refractivity contribution in [2.24, 2.45) is 0 Å². The Kier molecular flexibility index (Phi) is 6.37. The van der Waals surface area contributed by atoms with Crippen molar-refractivity contribution in [1.29, 1.82) is 0 Å². The lowest BCUT2D eigenvalue weighted by Crippen LogP contribution is -2.26. The zero-order valence-corrected chi connectivity index (χ0v) is 8.23. The Morgan fingerprint density at radius 1 is 1.00 bits per heavy atom. The molecule has 0 spiro atoms. The van der Waals surface area contributed by atoms with Crippen molar-refractivity contribution >= 4 is 11.8 Å². The molecule has 0 fully saturated rings. The molecule has 0 aromatic heterocycles. The van der Waals surface area contributed by atoms with Gasteiger partial charge < -0.3 is 5.32 Å². The summed E-state index contributed by atoms with van der Waals surface area (Å²) in [6, 6.07) is 0. The Hall–Kier alpha value is -0.150. The number of rotatable bonds is 6. The molecular weight excluding hydrogens is 248 g/mol. The standard InChI is InChI=1S/C6H9F6NOS/c7-5(8,9)14-3-1-13-2-4-15-6(10,11)12/h13H,1-4H2. The average Bonchev–Trinajstić information content (AvgIpc) is 1.98. The van der Waals surface area contributed by atoms with E-state index < -0.39 is 18.5 Å². The molecule has 9 heteroatoms. The fourth-order valence-electron chi connectivity index (χ4n) is 0.603. The SMILES string of the molecule is FC(F)(F)OCCNCCSC(F)(F)F. The molecule has 0 aliphatic rings. The van der Waals surface area contributed by atoms with Gasteiger partial charge in [0.1, 0.15) is 0 Å². The van der Waals surface area contributed by atoms with Crippen LogP contribution in [0.2, 0.25) is 0 Å². The van der Waals surface area contributed by atoms with Crippen molar-refractivity contribution in [3.63, 3.8) is 0 Å². The first-order chi connectivity index (χ1) is 6.71. The summed E-state index contributed by atoms with van der Waals surface area (Å²) >= 11 is -0.228. The summed E-state index contributed by atoms with van der Waals surface area (Å²) in [5, 5.41) is 2.38. The second kappa shape index (κ2) is 6.44. The third-order valence-electron chi connectivity index (χ3n) is 1.09. The van der Waals surface area contributed by atoms with Gasteiger partial charge in [-0.05, 0) is 11.8 Å². The molecule has 0 rings (SSSR count). The summed E-state index contributed by atoms with van der Waals surface area (Å²) in [5.41, 5.74) is -4.30. The van der Waals surface area contributed by atoms with E-state index in [1.807, 2.05) is 0 Å². The van der Waals surface area contributed by atoms with Crippen molar-refractivity contribution in [3.8, 4) is 0 Å². The Morgan fingerprint density at radius 2 is 1.60 bits per heavy atom. The van der Waals surface area contributed by atoms with Crippen molar-refractivity contribution < 1.29 is 31.1 Å². The molecular formula is C6H9F6NOS. The minimum atomic E-state index is -4.69. The third kappa shape index (κ3) is 13.9. The van der Waals surface area contributed by atoms with E-state index in [-0.39, 0.29) is 30.6 Å². The third-order valence-corrected chi connectivity index (χ3v) is 1.82. The summed E-state index contributed by atoms with van der Waals surface area (Å²) in [5.74, 6) is -0.241. The Bertz CT molecular complexity index is 152. The molecule has 0 radical (unpaired) electrons. The Morgan fingerprint density at radius 3 is 2.07 bits per heavy atom. The molecule has 0 atom stereocenters. The smallest absolute Gasteiger partial charge is 0.314 e. The van der Waals surface area contributed by atoms with Gasteiger partial charge in [-0.15, -0.1) is 13.2 Å². The highest BCUT2D eigenvalue weighted by molar-refractivity contribution is 8.00. The van der Waals surface area contributed by atoms with E-state index in [9.17, 15) is 26.3 Å². The first-order valence-electron chi connectivity index (χ1n) is 3.83. The van der Waals surface area contributed by atoms with Crippen molar-refractivity contribution in [3.05, 3.63) is 0 Å². The fraction of sp³-hybridized carbons (Fsp3) is 1.00. The first-order valence-corrected chi connectivity index (χ1v) is 4.81. The molecule has 0 unspecified atom stereocenters. The van der Waals surface area contributed by atoms with Gasteiger partial charge in [0.25, 0.3) is 0 Å². The van der Waals surface area contributed by atoms with Gasteiger partial charge in [0.15, 0.2) is 0 Å². The molecule has 1 N–H and O–H groups in total. The van der Waals surface area contributed by atoms with Crippen LogP contribution in [-0.2, 0) is 4.74 Å². The Labute approximate surface area is 86.3 Å². The molecule has 0 saturated heterocycles. The Balaban J connectivity index is 3.20. The van der Waals surface area contributed by atoms with Crippen LogP contribution in [0.5, 0.6) is 0 Å². The van der Waals surface area contributed by atoms with E-state index in [1.165, 1.54) is 0 Å². The molecule has 0 heterocycles. The molecule has 0 aliphatic carbocycles. The second-order valence-corrected chi connectivity index (χ2v) is 3.50. The van der Waals surface area contributed by atoms with Crippen LogP contribution in [0.15, 0.2) is 0 Å². The van der Waals surface area contributed by atoms with Crippen LogP contribution < -0.4 is 5.32 Å². The van der Waals surface area contributed by atoms with Gasteiger partial charge in [-0.25, -0.2) is 0 Å². The van der Waals surface area contributed by atoms with Gasteiger partial charge in [0, 0.05) is 18.8 Å². The fourth-order valence-corrected chi connectivity index (χ4v) is 1.08. The maximum Gasteiger partial charge on any atom is 0.522 e. The number of alkyl halides is 6. The summed E-state index contributed by atoms with van der Waals surface area (Å²) in [7, 11) is 0. The monoisotopic (exact) mass is 257 g/mol. The minimum Gasteiger partial charge on any atom is -0.314 e. The molecule has 0 amide bonds. The van der Waals surface area contributed by atoms with Gasteiger partial charge in [0.2, 0.25) is 0 Å². The van der Waals surface area contributed by atoms with Crippen LogP contribution in [0.4, 0.5) is 26.3 Å². The summed E-state index contributed by atoms with van der Waals surface area (Å²) in [6.07, 6.45) is -4.69. The maximum atomic E-state index is 11.5.